The molecule has 0 atom stereocenters. The second kappa shape index (κ2) is 8.01. The van der Waals surface area contributed by atoms with E-state index in [0.29, 0.717) is 57.7 Å². The van der Waals surface area contributed by atoms with Crippen molar-refractivity contribution in [2.75, 3.05) is 31.6 Å². The molecule has 2 saturated heterocycles. The number of likely N-dealkylation sites (tertiary alicyclic amines) is 1. The molecule has 2 heterocycles. The molecular formula is C18H25FN4O3. The van der Waals surface area contributed by atoms with Gasteiger partial charge in [-0.2, -0.15) is 0 Å². The Morgan fingerprint density at radius 1 is 1.15 bits per heavy atom. The lowest BCUT2D eigenvalue weighted by Gasteiger charge is -2.40. The lowest BCUT2D eigenvalue weighted by atomic mass is 9.88. The van der Waals surface area contributed by atoms with Crippen molar-refractivity contribution in [3.05, 3.63) is 30.1 Å². The molecule has 3 amide bonds. The molecule has 2 aliphatic rings. The van der Waals surface area contributed by atoms with E-state index >= 15 is 0 Å². The molecule has 0 aromatic heterocycles. The number of anilines is 1. The fourth-order valence-corrected chi connectivity index (χ4v) is 3.38. The van der Waals surface area contributed by atoms with E-state index < -0.39 is 5.54 Å². The number of benzene rings is 1. The van der Waals surface area contributed by atoms with Crippen molar-refractivity contribution in [1.82, 2.24) is 10.2 Å². The van der Waals surface area contributed by atoms with Crippen molar-refractivity contribution in [1.29, 1.82) is 0 Å². The second-order valence-electron chi connectivity index (χ2n) is 6.94. The number of nitrogens with two attached hydrogens (primary N) is 1. The third kappa shape index (κ3) is 4.50. The number of carbonyl (C=O) groups is 2. The lowest BCUT2D eigenvalue weighted by Crippen LogP contribution is -2.60. The zero-order valence-electron chi connectivity index (χ0n) is 14.7. The van der Waals surface area contributed by atoms with Crippen molar-refractivity contribution in [2.45, 2.75) is 37.3 Å². The predicted molar refractivity (Wildman–Crippen MR) is 95.1 cm³/mol. The molecule has 0 radical (unpaired) electrons. The molecule has 0 spiro atoms. The Morgan fingerprint density at radius 2 is 1.77 bits per heavy atom. The molecule has 0 bridgehead atoms. The highest BCUT2D eigenvalue weighted by molar-refractivity contribution is 5.89. The monoisotopic (exact) mass is 364 g/mol. The van der Waals surface area contributed by atoms with Crippen LogP contribution in [0.2, 0.25) is 0 Å². The number of nitrogens with zero attached hydrogens (tertiary/aromatic N) is 1. The van der Waals surface area contributed by atoms with E-state index in [1.807, 2.05) is 0 Å². The Balaban J connectivity index is 1.45. The number of urea groups is 1. The standard InChI is InChI=1S/C18H25FN4O3/c19-13-1-3-14(4-2-13)21-17(25)22-15-5-9-23(10-6-15)16(24)18(20)7-11-26-12-8-18/h1-4,15H,5-12,20H2,(H2,21,22,25). The molecule has 142 valence electrons. The minimum atomic E-state index is -0.821. The third-order valence-corrected chi connectivity index (χ3v) is 5.03. The van der Waals surface area contributed by atoms with Crippen LogP contribution in [-0.2, 0) is 9.53 Å². The molecule has 26 heavy (non-hydrogen) atoms. The summed E-state index contributed by atoms with van der Waals surface area (Å²) in [5.74, 6) is -0.370. The first-order valence-corrected chi connectivity index (χ1v) is 8.95. The van der Waals surface area contributed by atoms with E-state index in [-0.39, 0.29) is 23.8 Å². The van der Waals surface area contributed by atoms with Gasteiger partial charge in [0.05, 0.1) is 5.54 Å². The van der Waals surface area contributed by atoms with Crippen LogP contribution in [0.4, 0.5) is 14.9 Å². The number of ether oxygens (including phenoxy) is 1. The largest absolute Gasteiger partial charge is 0.381 e. The summed E-state index contributed by atoms with van der Waals surface area (Å²) >= 11 is 0. The van der Waals surface area contributed by atoms with Gasteiger partial charge in [-0.3, -0.25) is 4.79 Å². The molecule has 0 aliphatic carbocycles. The second-order valence-corrected chi connectivity index (χ2v) is 6.94. The molecule has 0 saturated carbocycles. The van der Waals surface area contributed by atoms with Crippen molar-refractivity contribution in [3.63, 3.8) is 0 Å². The van der Waals surface area contributed by atoms with Crippen LogP contribution in [0, 0.1) is 5.82 Å². The maximum absolute atomic E-state index is 12.9. The Kier molecular flexibility index (Phi) is 5.73. The van der Waals surface area contributed by atoms with Crippen LogP contribution in [0.3, 0.4) is 0 Å². The highest BCUT2D eigenvalue weighted by Gasteiger charge is 2.39. The molecule has 1 aromatic rings. The Hall–Kier alpha value is -2.19. The van der Waals surface area contributed by atoms with Crippen molar-refractivity contribution in [3.8, 4) is 0 Å². The van der Waals surface area contributed by atoms with Gasteiger partial charge in [0.25, 0.3) is 0 Å². The zero-order chi connectivity index (χ0) is 18.6. The van der Waals surface area contributed by atoms with E-state index in [0.717, 1.165) is 0 Å². The topological polar surface area (TPSA) is 96.7 Å². The summed E-state index contributed by atoms with van der Waals surface area (Å²) in [6, 6.07) is 5.25. The fraction of sp³-hybridized carbons (Fsp3) is 0.556. The van der Waals surface area contributed by atoms with Gasteiger partial charge in [0.15, 0.2) is 0 Å². The minimum absolute atomic E-state index is 0.0112. The maximum Gasteiger partial charge on any atom is 0.319 e. The SMILES string of the molecule is NC1(C(=O)N2CCC(NC(=O)Nc3ccc(F)cc3)CC2)CCOCC1. The third-order valence-electron chi connectivity index (χ3n) is 5.03. The van der Waals surface area contributed by atoms with Gasteiger partial charge in [-0.15, -0.1) is 0 Å². The fourth-order valence-electron chi connectivity index (χ4n) is 3.38. The highest BCUT2D eigenvalue weighted by Crippen LogP contribution is 2.23. The first kappa shape index (κ1) is 18.6. The van der Waals surface area contributed by atoms with Crippen LogP contribution >= 0.6 is 0 Å². The molecule has 4 N–H and O–H groups in total. The van der Waals surface area contributed by atoms with E-state index in [9.17, 15) is 14.0 Å². The summed E-state index contributed by atoms with van der Waals surface area (Å²) in [7, 11) is 0. The Labute approximate surface area is 152 Å². The number of hydrogen-bond donors (Lipinski definition) is 3. The summed E-state index contributed by atoms with van der Waals surface area (Å²) in [5.41, 5.74) is 5.98. The number of rotatable bonds is 3. The van der Waals surface area contributed by atoms with Gasteiger partial charge >= 0.3 is 6.03 Å². The maximum atomic E-state index is 12.9. The van der Waals surface area contributed by atoms with Gasteiger partial charge in [0.1, 0.15) is 5.82 Å². The molecule has 3 rings (SSSR count). The minimum Gasteiger partial charge on any atom is -0.381 e. The first-order valence-electron chi connectivity index (χ1n) is 8.95. The quantitative estimate of drug-likeness (QED) is 0.756. The van der Waals surface area contributed by atoms with Gasteiger partial charge in [-0.1, -0.05) is 0 Å². The molecular weight excluding hydrogens is 339 g/mol. The molecule has 8 heteroatoms. The molecule has 7 nitrogen and oxygen atoms in total. The van der Waals surface area contributed by atoms with Crippen LogP contribution in [0.1, 0.15) is 25.7 Å². The number of amides is 3. The van der Waals surface area contributed by atoms with Gasteiger partial charge in [-0.05, 0) is 49.9 Å². The number of piperidine rings is 1. The van der Waals surface area contributed by atoms with Crippen LogP contribution in [0.5, 0.6) is 0 Å². The number of hydrogen-bond acceptors (Lipinski definition) is 4. The average Bonchev–Trinajstić information content (AvgIpc) is 2.64. The predicted octanol–water partition coefficient (Wildman–Crippen LogP) is 1.45. The summed E-state index contributed by atoms with van der Waals surface area (Å²) in [6.45, 7) is 2.17. The number of carbonyl (C=O) groups excluding carboxylic acids is 2. The van der Waals surface area contributed by atoms with Crippen LogP contribution in [0.15, 0.2) is 24.3 Å². The van der Waals surface area contributed by atoms with Gasteiger partial charge in [0, 0.05) is 38.0 Å². The van der Waals surface area contributed by atoms with E-state index in [1.165, 1.54) is 24.3 Å². The molecule has 2 fully saturated rings. The van der Waals surface area contributed by atoms with Crippen LogP contribution in [-0.4, -0.2) is 54.7 Å². The first-order chi connectivity index (χ1) is 12.5. The Morgan fingerprint density at radius 3 is 2.38 bits per heavy atom. The number of nitrogens with one attached hydrogen (secondary N) is 2. The van der Waals surface area contributed by atoms with Crippen molar-refractivity contribution >= 4 is 17.6 Å². The highest BCUT2D eigenvalue weighted by atomic mass is 19.1. The average molecular weight is 364 g/mol. The summed E-state index contributed by atoms with van der Waals surface area (Å²) in [5, 5.41) is 5.57. The van der Waals surface area contributed by atoms with E-state index in [4.69, 9.17) is 10.5 Å². The van der Waals surface area contributed by atoms with E-state index in [2.05, 4.69) is 10.6 Å². The van der Waals surface area contributed by atoms with Crippen LogP contribution < -0.4 is 16.4 Å². The van der Waals surface area contributed by atoms with Gasteiger partial charge < -0.3 is 26.0 Å². The van der Waals surface area contributed by atoms with Crippen LogP contribution in [0.25, 0.3) is 0 Å². The van der Waals surface area contributed by atoms with Crippen molar-refractivity contribution < 1.29 is 18.7 Å². The van der Waals surface area contributed by atoms with Gasteiger partial charge in [-0.25, -0.2) is 9.18 Å². The molecule has 1 aromatic carbocycles. The molecule has 0 unspecified atom stereocenters. The summed E-state index contributed by atoms with van der Waals surface area (Å²) in [6.07, 6.45) is 2.44. The van der Waals surface area contributed by atoms with Crippen molar-refractivity contribution in [2.24, 2.45) is 5.73 Å². The van der Waals surface area contributed by atoms with Gasteiger partial charge in [0.2, 0.25) is 5.91 Å². The normalized spacial score (nSPS) is 20.5. The van der Waals surface area contributed by atoms with E-state index in [1.54, 1.807) is 4.90 Å². The zero-order valence-corrected chi connectivity index (χ0v) is 14.7. The lowest BCUT2D eigenvalue weighted by molar-refractivity contribution is -0.141. The summed E-state index contributed by atoms with van der Waals surface area (Å²) in [4.78, 5) is 26.5. The smallest absolute Gasteiger partial charge is 0.319 e. The molecule has 2 aliphatic heterocycles. The Bertz CT molecular complexity index is 638. The number of halogens is 1. The summed E-state index contributed by atoms with van der Waals surface area (Å²) < 4.78 is 18.2.